The van der Waals surface area contributed by atoms with Crippen LogP contribution >= 0.6 is 0 Å². The van der Waals surface area contributed by atoms with E-state index >= 15 is 0 Å². The fraction of sp³-hybridized carbons (Fsp3) is 0.267. The molecule has 0 amide bonds. The van der Waals surface area contributed by atoms with Crippen molar-refractivity contribution in [1.29, 1.82) is 0 Å². The molecule has 1 aromatic carbocycles. The number of benzene rings is 1. The predicted octanol–water partition coefficient (Wildman–Crippen LogP) is 1.53. The Morgan fingerprint density at radius 3 is 2.10 bits per heavy atom. The summed E-state index contributed by atoms with van der Waals surface area (Å²) in [6.45, 7) is 0.187. The lowest BCUT2D eigenvalue weighted by atomic mass is 10.1. The molecule has 6 heteroatoms. The van der Waals surface area contributed by atoms with Gasteiger partial charge in [-0.1, -0.05) is 6.07 Å². The first-order valence-corrected chi connectivity index (χ1v) is 6.37. The predicted molar refractivity (Wildman–Crippen MR) is 80.0 cm³/mol. The maximum Gasteiger partial charge on any atom is 0.252 e. The molecule has 0 spiro atoms. The molecule has 0 bridgehead atoms. The van der Waals surface area contributed by atoms with E-state index in [0.717, 1.165) is 0 Å². The zero-order valence-electron chi connectivity index (χ0n) is 12.2. The number of aromatic amines is 1. The minimum Gasteiger partial charge on any atom is -0.496 e. The summed E-state index contributed by atoms with van der Waals surface area (Å²) >= 11 is 0. The number of hydrogen-bond acceptors (Lipinski definition) is 5. The van der Waals surface area contributed by atoms with Crippen LogP contribution < -0.4 is 25.5 Å². The number of H-pyrrole nitrogens is 1. The van der Waals surface area contributed by atoms with Gasteiger partial charge in [-0.2, -0.15) is 0 Å². The second-order valence-corrected chi connectivity index (χ2v) is 4.34. The summed E-state index contributed by atoms with van der Waals surface area (Å²) in [5, 5.41) is 0. The first kappa shape index (κ1) is 14.9. The van der Waals surface area contributed by atoms with Crippen LogP contribution in [0.4, 0.5) is 0 Å². The normalized spacial score (nSPS) is 10.3. The molecule has 0 aliphatic heterocycles. The Morgan fingerprint density at radius 2 is 1.67 bits per heavy atom. The number of nitrogens with one attached hydrogen (secondary N) is 1. The molecule has 3 N–H and O–H groups in total. The Hall–Kier alpha value is -2.47. The summed E-state index contributed by atoms with van der Waals surface area (Å²) in [6.07, 6.45) is 0. The van der Waals surface area contributed by atoms with Gasteiger partial charge in [-0.15, -0.1) is 0 Å². The van der Waals surface area contributed by atoms with Crippen LogP contribution in [-0.4, -0.2) is 26.3 Å². The van der Waals surface area contributed by atoms with Gasteiger partial charge in [-0.25, -0.2) is 0 Å². The van der Waals surface area contributed by atoms with Crippen molar-refractivity contribution in [3.63, 3.8) is 0 Å². The van der Waals surface area contributed by atoms with E-state index in [9.17, 15) is 4.79 Å². The molecule has 21 heavy (non-hydrogen) atoms. The number of pyridine rings is 1. The topological polar surface area (TPSA) is 86.6 Å². The van der Waals surface area contributed by atoms with Crippen LogP contribution in [-0.2, 0) is 6.54 Å². The van der Waals surface area contributed by atoms with Crippen LogP contribution in [0.1, 0.15) is 5.56 Å². The molecule has 1 aromatic heterocycles. The van der Waals surface area contributed by atoms with Crippen LogP contribution in [0, 0.1) is 0 Å². The van der Waals surface area contributed by atoms with Gasteiger partial charge in [0.1, 0.15) is 17.2 Å². The van der Waals surface area contributed by atoms with Crippen molar-refractivity contribution < 1.29 is 14.2 Å². The van der Waals surface area contributed by atoms with E-state index < -0.39 is 0 Å². The molecule has 0 saturated carbocycles. The number of rotatable bonds is 5. The fourth-order valence-corrected chi connectivity index (χ4v) is 2.08. The van der Waals surface area contributed by atoms with Gasteiger partial charge in [-0.05, 0) is 6.07 Å². The minimum atomic E-state index is -0.227. The van der Waals surface area contributed by atoms with Gasteiger partial charge in [0.05, 0.1) is 32.6 Å². The van der Waals surface area contributed by atoms with E-state index in [0.29, 0.717) is 34.1 Å². The summed E-state index contributed by atoms with van der Waals surface area (Å²) in [4.78, 5) is 14.7. The van der Waals surface area contributed by atoms with Gasteiger partial charge < -0.3 is 24.9 Å². The highest BCUT2D eigenvalue weighted by Gasteiger charge is 2.16. The zero-order chi connectivity index (χ0) is 15.4. The van der Waals surface area contributed by atoms with Crippen molar-refractivity contribution in [1.82, 2.24) is 4.98 Å². The third-order valence-electron chi connectivity index (χ3n) is 3.20. The molecule has 0 aliphatic rings. The Bertz CT molecular complexity index is 669. The average Bonchev–Trinajstić information content (AvgIpc) is 2.53. The van der Waals surface area contributed by atoms with Crippen molar-refractivity contribution in [2.45, 2.75) is 6.54 Å². The lowest BCUT2D eigenvalue weighted by molar-refractivity contribution is 0.377. The van der Waals surface area contributed by atoms with Crippen LogP contribution in [0.5, 0.6) is 17.2 Å². The smallest absolute Gasteiger partial charge is 0.252 e. The summed E-state index contributed by atoms with van der Waals surface area (Å²) in [7, 11) is 4.65. The largest absolute Gasteiger partial charge is 0.496 e. The monoisotopic (exact) mass is 290 g/mol. The molecule has 0 aliphatic carbocycles. The summed E-state index contributed by atoms with van der Waals surface area (Å²) in [5.41, 5.74) is 7.04. The average molecular weight is 290 g/mol. The molecular weight excluding hydrogens is 272 g/mol. The Kier molecular flexibility index (Phi) is 4.49. The highest BCUT2D eigenvalue weighted by Crippen LogP contribution is 2.40. The van der Waals surface area contributed by atoms with Gasteiger partial charge in [0.2, 0.25) is 0 Å². The van der Waals surface area contributed by atoms with Gasteiger partial charge in [0, 0.05) is 24.2 Å². The van der Waals surface area contributed by atoms with Gasteiger partial charge in [0.15, 0.2) is 0 Å². The Labute approximate surface area is 122 Å². The van der Waals surface area contributed by atoms with Gasteiger partial charge in [0.25, 0.3) is 5.56 Å². The second-order valence-electron chi connectivity index (χ2n) is 4.34. The molecule has 0 unspecified atom stereocenters. The SMILES string of the molecule is COc1cc(OC)c(-c2ccc(CN)c(=O)[nH]2)c(OC)c1. The van der Waals surface area contributed by atoms with Crippen LogP contribution in [0.2, 0.25) is 0 Å². The third kappa shape index (κ3) is 2.85. The minimum absolute atomic E-state index is 0.187. The maximum atomic E-state index is 11.9. The quantitative estimate of drug-likeness (QED) is 0.872. The number of hydrogen-bond donors (Lipinski definition) is 2. The summed E-state index contributed by atoms with van der Waals surface area (Å²) in [5.74, 6) is 1.69. The summed E-state index contributed by atoms with van der Waals surface area (Å²) in [6, 6.07) is 6.92. The van der Waals surface area contributed by atoms with Crippen LogP contribution in [0.25, 0.3) is 11.3 Å². The van der Waals surface area contributed by atoms with Gasteiger partial charge >= 0.3 is 0 Å². The van der Waals surface area contributed by atoms with Crippen molar-refractivity contribution in [3.05, 3.63) is 40.2 Å². The molecular formula is C15H18N2O4. The Morgan fingerprint density at radius 1 is 1.05 bits per heavy atom. The molecule has 0 atom stereocenters. The molecule has 2 rings (SSSR count). The highest BCUT2D eigenvalue weighted by atomic mass is 16.5. The lowest BCUT2D eigenvalue weighted by Gasteiger charge is -2.15. The Balaban J connectivity index is 2.67. The fourth-order valence-electron chi connectivity index (χ4n) is 2.08. The second kappa shape index (κ2) is 6.32. The third-order valence-corrected chi connectivity index (χ3v) is 3.20. The van der Waals surface area contributed by atoms with Crippen molar-refractivity contribution in [3.8, 4) is 28.5 Å². The number of methoxy groups -OCH3 is 3. The lowest BCUT2D eigenvalue weighted by Crippen LogP contribution is -2.16. The van der Waals surface area contributed by atoms with E-state index in [2.05, 4.69) is 4.98 Å². The van der Waals surface area contributed by atoms with E-state index in [-0.39, 0.29) is 12.1 Å². The maximum absolute atomic E-state index is 11.9. The van der Waals surface area contributed by atoms with E-state index in [1.807, 2.05) is 0 Å². The van der Waals surface area contributed by atoms with Gasteiger partial charge in [-0.3, -0.25) is 4.79 Å². The molecule has 0 fully saturated rings. The summed E-state index contributed by atoms with van der Waals surface area (Å²) < 4.78 is 16.0. The molecule has 112 valence electrons. The van der Waals surface area contributed by atoms with Crippen molar-refractivity contribution in [2.75, 3.05) is 21.3 Å². The first-order chi connectivity index (χ1) is 10.1. The van der Waals surface area contributed by atoms with Crippen LogP contribution in [0.3, 0.4) is 0 Å². The molecule has 0 saturated heterocycles. The number of nitrogens with two attached hydrogens (primary N) is 1. The zero-order valence-corrected chi connectivity index (χ0v) is 12.2. The highest BCUT2D eigenvalue weighted by molar-refractivity contribution is 5.75. The molecule has 2 aromatic rings. The van der Waals surface area contributed by atoms with Crippen LogP contribution in [0.15, 0.2) is 29.1 Å². The standard InChI is InChI=1S/C15H18N2O4/c1-19-10-6-12(20-2)14(13(7-10)21-3)11-5-4-9(8-16)15(18)17-11/h4-7H,8,16H2,1-3H3,(H,17,18). The molecule has 0 radical (unpaired) electrons. The first-order valence-electron chi connectivity index (χ1n) is 6.37. The molecule has 1 heterocycles. The van der Waals surface area contributed by atoms with E-state index in [1.54, 1.807) is 45.6 Å². The van der Waals surface area contributed by atoms with E-state index in [4.69, 9.17) is 19.9 Å². The van der Waals surface area contributed by atoms with E-state index in [1.165, 1.54) is 0 Å². The van der Waals surface area contributed by atoms with Crippen molar-refractivity contribution in [2.24, 2.45) is 5.73 Å². The van der Waals surface area contributed by atoms with Crippen molar-refractivity contribution >= 4 is 0 Å². The number of ether oxygens (including phenoxy) is 3. The molecule has 6 nitrogen and oxygen atoms in total. The number of aromatic nitrogens is 1.